The van der Waals surface area contributed by atoms with Gasteiger partial charge in [-0.15, -0.1) is 0 Å². The summed E-state index contributed by atoms with van der Waals surface area (Å²) in [7, 11) is 0. The fourth-order valence-electron chi connectivity index (χ4n) is 1.71. The molecule has 0 saturated carbocycles. The Labute approximate surface area is 107 Å². The average molecular weight is 240 g/mol. The molecule has 0 amide bonds. The minimum atomic E-state index is 0.140. The summed E-state index contributed by atoms with van der Waals surface area (Å²) in [4.78, 5) is 8.88. The van der Waals surface area contributed by atoms with Gasteiger partial charge in [0.25, 0.3) is 0 Å². The van der Waals surface area contributed by atoms with E-state index in [9.17, 15) is 5.11 Å². The van der Waals surface area contributed by atoms with E-state index in [1.165, 1.54) is 0 Å². The molecule has 0 atom stereocenters. The number of para-hydroxylation sites is 1. The van der Waals surface area contributed by atoms with Gasteiger partial charge < -0.3 is 5.11 Å². The summed E-state index contributed by atoms with van der Waals surface area (Å²) in [5.41, 5.74) is 2.21. The number of hydrogen-bond acceptors (Lipinski definition) is 3. The second-order valence-electron chi connectivity index (χ2n) is 4.30. The third-order valence-corrected chi connectivity index (χ3v) is 2.45. The lowest BCUT2D eigenvalue weighted by atomic mass is 10.1. The standard InChI is InChI=1S/C15H16N2O/c1-11(2)17-15(13-8-5-6-10-16-13)12-7-3-4-9-14(12)18/h3-11,18H,1-2H3. The Balaban J connectivity index is 2.55. The van der Waals surface area contributed by atoms with Gasteiger partial charge in [-0.3, -0.25) is 9.98 Å². The largest absolute Gasteiger partial charge is 0.507 e. The Morgan fingerprint density at radius 1 is 1.11 bits per heavy atom. The predicted molar refractivity (Wildman–Crippen MR) is 73.1 cm³/mol. The van der Waals surface area contributed by atoms with Gasteiger partial charge >= 0.3 is 0 Å². The highest BCUT2D eigenvalue weighted by atomic mass is 16.3. The van der Waals surface area contributed by atoms with Crippen LogP contribution in [0, 0.1) is 0 Å². The third-order valence-electron chi connectivity index (χ3n) is 2.45. The van der Waals surface area contributed by atoms with Crippen LogP contribution >= 0.6 is 0 Å². The van der Waals surface area contributed by atoms with Crippen molar-refractivity contribution in [3.63, 3.8) is 0 Å². The molecular formula is C15H16N2O. The highest BCUT2D eigenvalue weighted by Gasteiger charge is 2.12. The summed E-state index contributed by atoms with van der Waals surface area (Å²) in [5, 5.41) is 9.95. The molecule has 3 nitrogen and oxygen atoms in total. The summed E-state index contributed by atoms with van der Waals surface area (Å²) in [6, 6.07) is 13.0. The molecule has 2 aromatic rings. The van der Waals surface area contributed by atoms with Crippen molar-refractivity contribution < 1.29 is 5.11 Å². The zero-order valence-corrected chi connectivity index (χ0v) is 10.5. The minimum absolute atomic E-state index is 0.140. The molecule has 0 unspecified atom stereocenters. The molecular weight excluding hydrogens is 224 g/mol. The number of pyridine rings is 1. The molecule has 1 aromatic heterocycles. The monoisotopic (exact) mass is 240 g/mol. The number of rotatable bonds is 3. The van der Waals surface area contributed by atoms with Crippen LogP contribution < -0.4 is 0 Å². The zero-order chi connectivity index (χ0) is 13.0. The van der Waals surface area contributed by atoms with E-state index in [4.69, 9.17) is 0 Å². The Bertz CT molecular complexity index is 547. The summed E-state index contributed by atoms with van der Waals surface area (Å²) in [6.45, 7) is 4.01. The van der Waals surface area contributed by atoms with E-state index in [1.54, 1.807) is 18.3 Å². The average Bonchev–Trinajstić information content (AvgIpc) is 2.38. The SMILES string of the molecule is CC(C)N=C(c1ccccn1)c1ccccc1O. The molecule has 1 N–H and O–H groups in total. The van der Waals surface area contributed by atoms with Crippen LogP contribution in [0.25, 0.3) is 0 Å². The number of hydrogen-bond donors (Lipinski definition) is 1. The van der Waals surface area contributed by atoms with Crippen LogP contribution in [0.5, 0.6) is 5.75 Å². The quantitative estimate of drug-likeness (QED) is 0.838. The van der Waals surface area contributed by atoms with Crippen LogP contribution in [0.4, 0.5) is 0 Å². The fraction of sp³-hybridized carbons (Fsp3) is 0.200. The van der Waals surface area contributed by atoms with Gasteiger partial charge in [-0.25, -0.2) is 0 Å². The second kappa shape index (κ2) is 5.45. The molecule has 0 aliphatic carbocycles. The first-order valence-electron chi connectivity index (χ1n) is 5.96. The molecule has 0 aliphatic heterocycles. The summed E-state index contributed by atoms with van der Waals surface area (Å²) < 4.78 is 0. The maximum atomic E-state index is 9.95. The highest BCUT2D eigenvalue weighted by molar-refractivity contribution is 6.13. The molecule has 1 heterocycles. The van der Waals surface area contributed by atoms with Crippen LogP contribution in [0.15, 0.2) is 53.7 Å². The van der Waals surface area contributed by atoms with Crippen molar-refractivity contribution in [3.8, 4) is 5.75 Å². The molecule has 0 fully saturated rings. The van der Waals surface area contributed by atoms with E-state index in [1.807, 2.05) is 44.2 Å². The lowest BCUT2D eigenvalue weighted by Crippen LogP contribution is -2.09. The number of phenolic OH excluding ortho intramolecular Hbond substituents is 1. The van der Waals surface area contributed by atoms with Crippen molar-refractivity contribution in [3.05, 3.63) is 59.9 Å². The normalized spacial score (nSPS) is 11.8. The molecule has 0 spiro atoms. The van der Waals surface area contributed by atoms with E-state index in [0.717, 1.165) is 11.4 Å². The Kier molecular flexibility index (Phi) is 3.72. The van der Waals surface area contributed by atoms with Gasteiger partial charge in [0.1, 0.15) is 5.75 Å². The molecule has 0 bridgehead atoms. The topological polar surface area (TPSA) is 45.5 Å². The summed E-state index contributed by atoms with van der Waals surface area (Å²) >= 11 is 0. The first kappa shape index (κ1) is 12.3. The lowest BCUT2D eigenvalue weighted by molar-refractivity contribution is 0.474. The van der Waals surface area contributed by atoms with E-state index in [-0.39, 0.29) is 11.8 Å². The smallest absolute Gasteiger partial charge is 0.125 e. The van der Waals surface area contributed by atoms with Crippen LogP contribution in [0.2, 0.25) is 0 Å². The van der Waals surface area contributed by atoms with Crippen molar-refractivity contribution >= 4 is 5.71 Å². The molecule has 18 heavy (non-hydrogen) atoms. The molecule has 0 saturated heterocycles. The van der Waals surface area contributed by atoms with Crippen molar-refractivity contribution in [2.45, 2.75) is 19.9 Å². The Morgan fingerprint density at radius 2 is 1.83 bits per heavy atom. The first-order chi connectivity index (χ1) is 8.68. The predicted octanol–water partition coefficient (Wildman–Crippen LogP) is 3.03. The number of benzene rings is 1. The lowest BCUT2D eigenvalue weighted by Gasteiger charge is -2.09. The summed E-state index contributed by atoms with van der Waals surface area (Å²) in [5.74, 6) is 0.225. The maximum Gasteiger partial charge on any atom is 0.125 e. The highest BCUT2D eigenvalue weighted by Crippen LogP contribution is 2.20. The van der Waals surface area contributed by atoms with Crippen LogP contribution in [0.1, 0.15) is 25.1 Å². The number of aliphatic imine (C=N–C) groups is 1. The van der Waals surface area contributed by atoms with E-state index < -0.39 is 0 Å². The zero-order valence-electron chi connectivity index (χ0n) is 10.5. The Hall–Kier alpha value is -2.16. The van der Waals surface area contributed by atoms with Crippen molar-refractivity contribution in [1.29, 1.82) is 0 Å². The van der Waals surface area contributed by atoms with Gasteiger partial charge in [0.05, 0.1) is 11.4 Å². The van der Waals surface area contributed by atoms with Gasteiger partial charge in [0.2, 0.25) is 0 Å². The van der Waals surface area contributed by atoms with Gasteiger partial charge in [-0.05, 0) is 38.1 Å². The van der Waals surface area contributed by atoms with Crippen molar-refractivity contribution in [2.24, 2.45) is 4.99 Å². The van der Waals surface area contributed by atoms with Crippen LogP contribution in [0.3, 0.4) is 0 Å². The van der Waals surface area contributed by atoms with Crippen LogP contribution in [-0.2, 0) is 0 Å². The second-order valence-corrected chi connectivity index (χ2v) is 4.30. The fourth-order valence-corrected chi connectivity index (χ4v) is 1.71. The number of phenols is 1. The molecule has 0 radical (unpaired) electrons. The molecule has 2 rings (SSSR count). The molecule has 92 valence electrons. The van der Waals surface area contributed by atoms with E-state index >= 15 is 0 Å². The van der Waals surface area contributed by atoms with Gasteiger partial charge in [0.15, 0.2) is 0 Å². The number of aromatic hydroxyl groups is 1. The van der Waals surface area contributed by atoms with Gasteiger partial charge in [-0.1, -0.05) is 18.2 Å². The maximum absolute atomic E-state index is 9.95. The molecule has 0 aliphatic rings. The van der Waals surface area contributed by atoms with E-state index in [0.29, 0.717) is 5.56 Å². The van der Waals surface area contributed by atoms with Gasteiger partial charge in [0, 0.05) is 17.8 Å². The summed E-state index contributed by atoms with van der Waals surface area (Å²) in [6.07, 6.45) is 1.73. The minimum Gasteiger partial charge on any atom is -0.507 e. The molecule has 1 aromatic carbocycles. The van der Waals surface area contributed by atoms with Crippen molar-refractivity contribution in [1.82, 2.24) is 4.98 Å². The van der Waals surface area contributed by atoms with E-state index in [2.05, 4.69) is 9.98 Å². The third kappa shape index (κ3) is 2.74. The Morgan fingerprint density at radius 3 is 2.44 bits per heavy atom. The van der Waals surface area contributed by atoms with Gasteiger partial charge in [-0.2, -0.15) is 0 Å². The van der Waals surface area contributed by atoms with Crippen molar-refractivity contribution in [2.75, 3.05) is 0 Å². The molecule has 3 heteroatoms. The number of aromatic nitrogens is 1. The van der Waals surface area contributed by atoms with Crippen LogP contribution in [-0.4, -0.2) is 21.8 Å². The first-order valence-corrected chi connectivity index (χ1v) is 5.96. The number of nitrogens with zero attached hydrogens (tertiary/aromatic N) is 2.